The number of hydrogen-bond acceptors (Lipinski definition) is 1. The first-order valence-corrected chi connectivity index (χ1v) is 7.64. The molecule has 3 rings (SSSR count). The van der Waals surface area contributed by atoms with Crippen LogP contribution in [0.25, 0.3) is 10.9 Å². The molecule has 0 fully saturated rings. The second-order valence-corrected chi connectivity index (χ2v) is 5.71. The van der Waals surface area contributed by atoms with Crippen LogP contribution in [0.15, 0.2) is 60.8 Å². The molecule has 2 N–H and O–H groups in total. The summed E-state index contributed by atoms with van der Waals surface area (Å²) in [4.78, 5) is 3.23. The van der Waals surface area contributed by atoms with Crippen molar-refractivity contribution in [1.82, 2.24) is 10.3 Å². The highest BCUT2D eigenvalue weighted by molar-refractivity contribution is 5.79. The molecule has 2 aromatic carbocycles. The average molecular weight is 278 g/mol. The van der Waals surface area contributed by atoms with E-state index < -0.39 is 0 Å². The number of rotatable bonds is 6. The van der Waals surface area contributed by atoms with Crippen LogP contribution in [0.5, 0.6) is 0 Å². The minimum absolute atomic E-state index is 0.520. The minimum Gasteiger partial charge on any atom is -0.361 e. The Labute approximate surface area is 126 Å². The van der Waals surface area contributed by atoms with Gasteiger partial charge in [-0.15, -0.1) is 0 Å². The first-order valence-electron chi connectivity index (χ1n) is 7.64. The number of benzene rings is 2. The molecule has 1 atom stereocenters. The van der Waals surface area contributed by atoms with Crippen LogP contribution in [-0.2, 0) is 13.0 Å². The quantitative estimate of drug-likeness (QED) is 0.692. The van der Waals surface area contributed by atoms with E-state index in [9.17, 15) is 0 Å². The second-order valence-electron chi connectivity index (χ2n) is 5.71. The first kappa shape index (κ1) is 13.9. The van der Waals surface area contributed by atoms with Gasteiger partial charge >= 0.3 is 0 Å². The molecule has 3 aromatic rings. The maximum atomic E-state index is 3.62. The van der Waals surface area contributed by atoms with Gasteiger partial charge in [0.25, 0.3) is 0 Å². The molecule has 108 valence electrons. The van der Waals surface area contributed by atoms with Gasteiger partial charge in [-0.05, 0) is 54.5 Å². The summed E-state index contributed by atoms with van der Waals surface area (Å²) in [6.07, 6.45) is 4.28. The number of H-pyrrole nitrogens is 1. The minimum atomic E-state index is 0.520. The Bertz CT molecular complexity index is 685. The monoisotopic (exact) mass is 278 g/mol. The van der Waals surface area contributed by atoms with Gasteiger partial charge in [0.15, 0.2) is 0 Å². The van der Waals surface area contributed by atoms with Gasteiger partial charge in [0, 0.05) is 24.3 Å². The molecule has 2 nitrogen and oxygen atoms in total. The fourth-order valence-corrected chi connectivity index (χ4v) is 2.63. The molecule has 0 saturated heterocycles. The second kappa shape index (κ2) is 6.59. The number of nitrogens with one attached hydrogen (secondary N) is 2. The molecule has 0 aliphatic heterocycles. The Morgan fingerprint density at radius 1 is 1.00 bits per heavy atom. The van der Waals surface area contributed by atoms with Crippen LogP contribution >= 0.6 is 0 Å². The molecule has 0 aliphatic rings. The van der Waals surface area contributed by atoms with Crippen molar-refractivity contribution in [3.63, 3.8) is 0 Å². The lowest BCUT2D eigenvalue weighted by molar-refractivity contribution is 0.514. The fourth-order valence-electron chi connectivity index (χ4n) is 2.63. The van der Waals surface area contributed by atoms with Gasteiger partial charge in [0.1, 0.15) is 0 Å². The van der Waals surface area contributed by atoms with Gasteiger partial charge in [0.05, 0.1) is 0 Å². The summed E-state index contributed by atoms with van der Waals surface area (Å²) in [6.45, 7) is 3.19. The molecule has 1 unspecified atom stereocenters. The third-order valence-electron chi connectivity index (χ3n) is 3.98. The molecule has 0 bridgehead atoms. The normalized spacial score (nSPS) is 12.6. The van der Waals surface area contributed by atoms with E-state index in [0.29, 0.717) is 6.04 Å². The van der Waals surface area contributed by atoms with Gasteiger partial charge in [0.2, 0.25) is 0 Å². The first-order chi connectivity index (χ1) is 10.3. The lowest BCUT2D eigenvalue weighted by Gasteiger charge is -2.14. The number of aryl methyl sites for hydroxylation is 1. The van der Waals surface area contributed by atoms with Crippen LogP contribution in [0.3, 0.4) is 0 Å². The van der Waals surface area contributed by atoms with Crippen LogP contribution in [0.4, 0.5) is 0 Å². The van der Waals surface area contributed by atoms with Crippen molar-refractivity contribution in [3.05, 3.63) is 71.9 Å². The highest BCUT2D eigenvalue weighted by Crippen LogP contribution is 2.14. The van der Waals surface area contributed by atoms with Crippen molar-refractivity contribution < 1.29 is 0 Å². The highest BCUT2D eigenvalue weighted by atomic mass is 14.9. The zero-order valence-corrected chi connectivity index (χ0v) is 12.5. The van der Waals surface area contributed by atoms with Crippen LogP contribution in [0.1, 0.15) is 24.5 Å². The van der Waals surface area contributed by atoms with E-state index in [-0.39, 0.29) is 0 Å². The summed E-state index contributed by atoms with van der Waals surface area (Å²) in [7, 11) is 0. The molecule has 1 aromatic heterocycles. The van der Waals surface area contributed by atoms with E-state index >= 15 is 0 Å². The summed E-state index contributed by atoms with van der Waals surface area (Å²) in [5.74, 6) is 0. The van der Waals surface area contributed by atoms with Gasteiger partial charge in [-0.1, -0.05) is 36.4 Å². The van der Waals surface area contributed by atoms with Crippen molar-refractivity contribution in [2.45, 2.75) is 32.4 Å². The van der Waals surface area contributed by atoms with Crippen molar-refractivity contribution in [3.8, 4) is 0 Å². The molecule has 0 spiro atoms. The molecule has 0 aliphatic carbocycles. The Morgan fingerprint density at radius 3 is 2.71 bits per heavy atom. The van der Waals surface area contributed by atoms with Crippen LogP contribution in [0, 0.1) is 0 Å². The summed E-state index contributed by atoms with van der Waals surface area (Å²) in [5.41, 5.74) is 3.96. The largest absolute Gasteiger partial charge is 0.361 e. The summed E-state index contributed by atoms with van der Waals surface area (Å²) in [5, 5.41) is 4.90. The van der Waals surface area contributed by atoms with Crippen molar-refractivity contribution in [1.29, 1.82) is 0 Å². The van der Waals surface area contributed by atoms with Gasteiger partial charge in [-0.2, -0.15) is 0 Å². The van der Waals surface area contributed by atoms with Crippen LogP contribution in [0.2, 0.25) is 0 Å². The highest BCUT2D eigenvalue weighted by Gasteiger charge is 2.03. The Morgan fingerprint density at radius 2 is 1.86 bits per heavy atom. The van der Waals surface area contributed by atoms with E-state index in [2.05, 4.69) is 71.8 Å². The molecular formula is C19H22N2. The van der Waals surface area contributed by atoms with Crippen molar-refractivity contribution >= 4 is 10.9 Å². The zero-order chi connectivity index (χ0) is 14.5. The Hall–Kier alpha value is -2.06. The van der Waals surface area contributed by atoms with E-state index in [1.54, 1.807) is 0 Å². The lowest BCUT2D eigenvalue weighted by Crippen LogP contribution is -2.25. The molecule has 1 heterocycles. The summed E-state index contributed by atoms with van der Waals surface area (Å²) in [6, 6.07) is 19.9. The molecule has 0 amide bonds. The van der Waals surface area contributed by atoms with Crippen LogP contribution < -0.4 is 5.32 Å². The summed E-state index contributed by atoms with van der Waals surface area (Å²) < 4.78 is 0. The SMILES string of the molecule is CC(CCc1ccccc1)NCc1ccc2[nH]ccc2c1. The molecule has 21 heavy (non-hydrogen) atoms. The molecular weight excluding hydrogens is 256 g/mol. The number of aromatic nitrogens is 1. The van der Waals surface area contributed by atoms with Gasteiger partial charge in [-0.3, -0.25) is 0 Å². The van der Waals surface area contributed by atoms with E-state index in [1.807, 2.05) is 6.20 Å². The van der Waals surface area contributed by atoms with Gasteiger partial charge < -0.3 is 10.3 Å². The molecule has 0 radical (unpaired) electrons. The maximum Gasteiger partial charge on any atom is 0.0454 e. The van der Waals surface area contributed by atoms with Crippen molar-refractivity contribution in [2.24, 2.45) is 0 Å². The molecule has 2 heteroatoms. The predicted octanol–water partition coefficient (Wildman–Crippen LogP) is 4.28. The number of hydrogen-bond donors (Lipinski definition) is 2. The van der Waals surface area contributed by atoms with Crippen molar-refractivity contribution in [2.75, 3.05) is 0 Å². The van der Waals surface area contributed by atoms with E-state index in [1.165, 1.54) is 22.0 Å². The Kier molecular flexibility index (Phi) is 4.37. The number of aromatic amines is 1. The lowest BCUT2D eigenvalue weighted by atomic mass is 10.1. The average Bonchev–Trinajstić information content (AvgIpc) is 2.99. The summed E-state index contributed by atoms with van der Waals surface area (Å²) >= 11 is 0. The fraction of sp³-hybridized carbons (Fsp3) is 0.263. The van der Waals surface area contributed by atoms with E-state index in [0.717, 1.165) is 19.4 Å². The zero-order valence-electron chi connectivity index (χ0n) is 12.5. The Balaban J connectivity index is 1.49. The van der Waals surface area contributed by atoms with Crippen LogP contribution in [-0.4, -0.2) is 11.0 Å². The topological polar surface area (TPSA) is 27.8 Å². The standard InChI is InChI=1S/C19H22N2/c1-15(7-8-16-5-3-2-4-6-16)21-14-17-9-10-19-18(13-17)11-12-20-19/h2-6,9-13,15,20-21H,7-8,14H2,1H3. The number of fused-ring (bicyclic) bond motifs is 1. The third kappa shape index (κ3) is 3.73. The molecule has 0 saturated carbocycles. The maximum absolute atomic E-state index is 3.62. The van der Waals surface area contributed by atoms with E-state index in [4.69, 9.17) is 0 Å². The smallest absolute Gasteiger partial charge is 0.0454 e. The van der Waals surface area contributed by atoms with Gasteiger partial charge in [-0.25, -0.2) is 0 Å². The third-order valence-corrected chi connectivity index (χ3v) is 3.98. The predicted molar refractivity (Wildman–Crippen MR) is 89.4 cm³/mol.